The third-order valence-corrected chi connectivity index (χ3v) is 9.11. The van der Waals surface area contributed by atoms with Gasteiger partial charge in [-0.25, -0.2) is 0 Å². The van der Waals surface area contributed by atoms with Crippen LogP contribution in [-0.2, 0) is 11.3 Å². The highest BCUT2D eigenvalue weighted by Gasteiger charge is 2.29. The molecule has 0 saturated heterocycles. The number of hydrogen-bond donors (Lipinski definition) is 3. The summed E-state index contributed by atoms with van der Waals surface area (Å²) >= 11 is 1.51. The fourth-order valence-corrected chi connectivity index (χ4v) is 6.12. The maximum Gasteiger partial charge on any atom is 0.254 e. The Kier molecular flexibility index (Phi) is 10.7. The number of hydrogen-bond acceptors (Lipinski definition) is 5. The Morgan fingerprint density at radius 3 is 2.50 bits per heavy atom. The first-order valence-electron chi connectivity index (χ1n) is 13.9. The van der Waals surface area contributed by atoms with Gasteiger partial charge in [0, 0.05) is 52.7 Å². The van der Waals surface area contributed by atoms with Crippen molar-refractivity contribution < 1.29 is 4.79 Å². The van der Waals surface area contributed by atoms with E-state index in [1.165, 1.54) is 37.4 Å². The van der Waals surface area contributed by atoms with Gasteiger partial charge >= 0.3 is 0 Å². The number of carbonyl (C=O) groups excluding carboxylic acids is 1. The Morgan fingerprint density at radius 2 is 1.87 bits per heavy atom. The molecule has 2 heterocycles. The molecule has 6 nitrogen and oxygen atoms in total. The summed E-state index contributed by atoms with van der Waals surface area (Å²) in [5.74, 6) is 0.356. The first kappa shape index (κ1) is 30.0. The molecule has 1 fully saturated rings. The minimum Gasteiger partial charge on any atom is -0.351 e. The molecule has 208 valence electrons. The van der Waals surface area contributed by atoms with Gasteiger partial charge in [0.05, 0.1) is 5.57 Å². The molecule has 1 saturated carbocycles. The maximum atomic E-state index is 13.5. The van der Waals surface area contributed by atoms with Crippen LogP contribution in [-0.4, -0.2) is 40.2 Å². The number of allylic oxidation sites excluding steroid dienone is 4. The molecule has 1 aliphatic carbocycles. The molecule has 38 heavy (non-hydrogen) atoms. The van der Waals surface area contributed by atoms with E-state index in [4.69, 9.17) is 0 Å². The second kappa shape index (κ2) is 13.5. The van der Waals surface area contributed by atoms with Crippen LogP contribution in [0.4, 0.5) is 0 Å². The quantitative estimate of drug-likeness (QED) is 0.320. The van der Waals surface area contributed by atoms with Gasteiger partial charge in [-0.15, -0.1) is 11.8 Å². The monoisotopic (exact) mass is 538 g/mol. The van der Waals surface area contributed by atoms with E-state index in [9.17, 15) is 9.59 Å². The van der Waals surface area contributed by atoms with Crippen LogP contribution >= 0.6 is 11.8 Å². The van der Waals surface area contributed by atoms with Crippen molar-refractivity contribution in [2.24, 2.45) is 5.92 Å². The number of H-pyrrole nitrogens is 1. The van der Waals surface area contributed by atoms with Crippen LogP contribution in [0.2, 0.25) is 0 Å². The van der Waals surface area contributed by atoms with Crippen LogP contribution in [0.1, 0.15) is 77.5 Å². The van der Waals surface area contributed by atoms with Crippen molar-refractivity contribution >= 4 is 17.7 Å². The van der Waals surface area contributed by atoms with E-state index < -0.39 is 0 Å². The molecule has 7 heteroatoms. The van der Waals surface area contributed by atoms with Crippen molar-refractivity contribution in [2.45, 2.75) is 96.2 Å². The van der Waals surface area contributed by atoms with Gasteiger partial charge in [0.25, 0.3) is 11.5 Å². The number of pyridine rings is 1. The van der Waals surface area contributed by atoms with Gasteiger partial charge in [0.1, 0.15) is 0 Å². The highest BCUT2D eigenvalue weighted by Crippen LogP contribution is 2.30. The lowest BCUT2D eigenvalue weighted by Crippen LogP contribution is -2.49. The molecule has 1 aromatic heterocycles. The summed E-state index contributed by atoms with van der Waals surface area (Å²) in [6, 6.07) is 2.52. The van der Waals surface area contributed by atoms with Crippen molar-refractivity contribution in [2.75, 3.05) is 12.8 Å². The van der Waals surface area contributed by atoms with Crippen molar-refractivity contribution in [3.63, 3.8) is 0 Å². The summed E-state index contributed by atoms with van der Waals surface area (Å²) in [6.07, 6.45) is 16.8. The number of carbonyl (C=O) groups is 1. The predicted molar refractivity (Wildman–Crippen MR) is 160 cm³/mol. The predicted octanol–water partition coefficient (Wildman–Crippen LogP) is 5.96. The Hall–Kier alpha value is -2.51. The molecule has 0 unspecified atom stereocenters. The third-order valence-electron chi connectivity index (χ3n) is 8.31. The molecule has 1 aliphatic heterocycles. The zero-order chi connectivity index (χ0) is 27.9. The fourth-order valence-electron chi connectivity index (χ4n) is 5.41. The number of rotatable bonds is 10. The van der Waals surface area contributed by atoms with Crippen LogP contribution in [0.5, 0.6) is 0 Å². The molecule has 0 radical (unpaired) electrons. The molecule has 0 bridgehead atoms. The second-order valence-electron chi connectivity index (χ2n) is 11.0. The number of amides is 1. The van der Waals surface area contributed by atoms with E-state index in [1.54, 1.807) is 0 Å². The Labute approximate surface area is 233 Å². The van der Waals surface area contributed by atoms with E-state index in [2.05, 4.69) is 54.1 Å². The second-order valence-corrected chi connectivity index (χ2v) is 11.8. The molecule has 3 rings (SSSR count). The summed E-state index contributed by atoms with van der Waals surface area (Å²) in [5.41, 5.74) is 3.57. The standard InChI is InChI=1S/C31H46N4O2S/c1-8-31(6,9-2)34-25-15-13-24(14-16-25)20-35-17-11-10-12-21(3)28(23(35)5)30(37)32-19-26-27(38-7)18-22(4)33-29(26)36/h10-12,17-18,24-25,34H,3,8-9,13-16,19-20H2,1-2,4-7H3,(H,32,37)(H,33,36)/b12-10-,17-11-,28-23+. The van der Waals surface area contributed by atoms with Crippen LogP contribution in [0.15, 0.2) is 63.6 Å². The fraction of sp³-hybridized carbons (Fsp3) is 0.548. The molecule has 1 amide bonds. The van der Waals surface area contributed by atoms with Gasteiger partial charge in [-0.05, 0) is 89.2 Å². The minimum absolute atomic E-state index is 0.162. The Bertz CT molecular complexity index is 1150. The third kappa shape index (κ3) is 7.54. The molecular formula is C31H46N4O2S. The zero-order valence-corrected chi connectivity index (χ0v) is 24.9. The Balaban J connectivity index is 1.71. The van der Waals surface area contributed by atoms with Crippen LogP contribution in [0, 0.1) is 12.8 Å². The van der Waals surface area contributed by atoms with Crippen molar-refractivity contribution in [3.05, 3.63) is 75.5 Å². The van der Waals surface area contributed by atoms with Gasteiger partial charge in [0.15, 0.2) is 0 Å². The summed E-state index contributed by atoms with van der Waals surface area (Å²) < 4.78 is 0. The van der Waals surface area contributed by atoms with Gasteiger partial charge in [0.2, 0.25) is 0 Å². The molecule has 0 atom stereocenters. The lowest BCUT2D eigenvalue weighted by molar-refractivity contribution is -0.117. The SMILES string of the molecule is C=C1/C=C\C=C/N(CC2CCC(NC(C)(CC)CC)CC2)/C(C)=C\1C(=O)NCc1c(SC)cc(C)[nH]c1=O. The molecule has 2 aliphatic rings. The largest absolute Gasteiger partial charge is 0.351 e. The minimum atomic E-state index is -0.212. The molecule has 0 spiro atoms. The van der Waals surface area contributed by atoms with E-state index in [0.29, 0.717) is 28.7 Å². The van der Waals surface area contributed by atoms with Gasteiger partial charge < -0.3 is 20.5 Å². The first-order valence-corrected chi connectivity index (χ1v) is 15.2. The van der Waals surface area contributed by atoms with E-state index in [-0.39, 0.29) is 23.6 Å². The maximum absolute atomic E-state index is 13.5. The number of thioether (sulfide) groups is 1. The van der Waals surface area contributed by atoms with Crippen LogP contribution in [0.3, 0.4) is 0 Å². The van der Waals surface area contributed by atoms with Gasteiger partial charge in [-0.2, -0.15) is 0 Å². The number of aromatic nitrogens is 1. The smallest absolute Gasteiger partial charge is 0.254 e. The summed E-state index contributed by atoms with van der Waals surface area (Å²) in [4.78, 5) is 32.0. The van der Waals surface area contributed by atoms with Crippen molar-refractivity contribution in [1.82, 2.24) is 20.5 Å². The van der Waals surface area contributed by atoms with Crippen LogP contribution in [0.25, 0.3) is 0 Å². The number of nitrogens with zero attached hydrogens (tertiary/aromatic N) is 1. The van der Waals surface area contributed by atoms with E-state index in [0.717, 1.165) is 35.7 Å². The number of nitrogens with one attached hydrogen (secondary N) is 3. The Morgan fingerprint density at radius 1 is 1.18 bits per heavy atom. The highest BCUT2D eigenvalue weighted by atomic mass is 32.2. The molecular weight excluding hydrogens is 492 g/mol. The lowest BCUT2D eigenvalue weighted by atomic mass is 9.83. The van der Waals surface area contributed by atoms with Crippen molar-refractivity contribution in [3.8, 4) is 0 Å². The number of aryl methyl sites for hydroxylation is 1. The average Bonchev–Trinajstić information content (AvgIpc) is 2.89. The highest BCUT2D eigenvalue weighted by molar-refractivity contribution is 7.98. The first-order chi connectivity index (χ1) is 18.1. The van der Waals surface area contributed by atoms with Crippen molar-refractivity contribution in [1.29, 1.82) is 0 Å². The molecule has 0 aromatic carbocycles. The topological polar surface area (TPSA) is 77.2 Å². The average molecular weight is 539 g/mol. The summed E-state index contributed by atoms with van der Waals surface area (Å²) in [6.45, 7) is 15.9. The molecule has 3 N–H and O–H groups in total. The zero-order valence-electron chi connectivity index (χ0n) is 24.1. The summed E-state index contributed by atoms with van der Waals surface area (Å²) in [5, 5.41) is 6.91. The van der Waals surface area contributed by atoms with E-state index >= 15 is 0 Å². The number of aromatic amines is 1. The van der Waals surface area contributed by atoms with Crippen LogP contribution < -0.4 is 16.2 Å². The lowest BCUT2D eigenvalue weighted by Gasteiger charge is -2.38. The molecule has 1 aromatic rings. The van der Waals surface area contributed by atoms with E-state index in [1.807, 2.05) is 44.4 Å². The normalized spacial score (nSPS) is 24.1. The summed E-state index contributed by atoms with van der Waals surface area (Å²) in [7, 11) is 0. The van der Waals surface area contributed by atoms with Gasteiger partial charge in [-0.3, -0.25) is 9.59 Å². The van der Waals surface area contributed by atoms with Gasteiger partial charge in [-0.1, -0.05) is 32.6 Å².